The normalized spacial score (nSPS) is 25.0. The number of amides is 1. The number of nitriles is 1. The Morgan fingerprint density at radius 2 is 2.31 bits per heavy atom. The molecule has 1 saturated heterocycles. The second-order valence-electron chi connectivity index (χ2n) is 5.22. The molecule has 1 unspecified atom stereocenters. The van der Waals surface area contributed by atoms with E-state index >= 15 is 0 Å². The summed E-state index contributed by atoms with van der Waals surface area (Å²) in [6.07, 6.45) is 1.22. The summed E-state index contributed by atoms with van der Waals surface area (Å²) in [5.74, 6) is 0.0778. The van der Waals surface area contributed by atoms with Crippen molar-refractivity contribution in [1.82, 2.24) is 10.2 Å². The molecule has 1 rings (SSSR count). The van der Waals surface area contributed by atoms with E-state index in [1.807, 2.05) is 4.90 Å². The molecule has 4 heteroatoms. The lowest BCUT2D eigenvalue weighted by Gasteiger charge is -2.29. The summed E-state index contributed by atoms with van der Waals surface area (Å²) < 4.78 is 0. The van der Waals surface area contributed by atoms with Crippen molar-refractivity contribution in [2.75, 3.05) is 19.6 Å². The van der Waals surface area contributed by atoms with Crippen LogP contribution >= 0.6 is 0 Å². The van der Waals surface area contributed by atoms with Gasteiger partial charge in [-0.2, -0.15) is 5.26 Å². The van der Waals surface area contributed by atoms with Gasteiger partial charge in [-0.1, -0.05) is 20.8 Å². The number of carbonyl (C=O) groups excluding carboxylic acids is 1. The first-order valence-electron chi connectivity index (χ1n) is 5.89. The fourth-order valence-corrected chi connectivity index (χ4v) is 2.07. The molecule has 16 heavy (non-hydrogen) atoms. The van der Waals surface area contributed by atoms with Gasteiger partial charge in [-0.25, -0.2) is 0 Å². The molecule has 0 aromatic rings. The van der Waals surface area contributed by atoms with Crippen LogP contribution in [0.25, 0.3) is 0 Å². The molecule has 90 valence electrons. The number of hydrogen-bond acceptors (Lipinski definition) is 3. The fourth-order valence-electron chi connectivity index (χ4n) is 2.07. The van der Waals surface area contributed by atoms with Crippen molar-refractivity contribution < 1.29 is 4.79 Å². The number of rotatable bonds is 3. The topological polar surface area (TPSA) is 56.1 Å². The summed E-state index contributed by atoms with van der Waals surface area (Å²) in [6.45, 7) is 8.69. The SMILES string of the molecule is CCCN1CC(C)(C)CNC(CC#N)C1=O. The molecular weight excluding hydrogens is 202 g/mol. The molecule has 4 nitrogen and oxygen atoms in total. The molecule has 0 radical (unpaired) electrons. The Morgan fingerprint density at radius 1 is 1.62 bits per heavy atom. The highest BCUT2D eigenvalue weighted by Gasteiger charge is 2.33. The van der Waals surface area contributed by atoms with E-state index in [2.05, 4.69) is 32.2 Å². The molecule has 1 N–H and O–H groups in total. The van der Waals surface area contributed by atoms with Crippen LogP contribution in [-0.2, 0) is 4.79 Å². The number of nitrogens with zero attached hydrogens (tertiary/aromatic N) is 2. The van der Waals surface area contributed by atoms with Crippen LogP contribution in [0.2, 0.25) is 0 Å². The Balaban J connectivity index is 2.80. The highest BCUT2D eigenvalue weighted by atomic mass is 16.2. The zero-order valence-electron chi connectivity index (χ0n) is 10.4. The van der Waals surface area contributed by atoms with E-state index in [0.717, 1.165) is 26.1 Å². The van der Waals surface area contributed by atoms with Crippen molar-refractivity contribution in [2.45, 2.75) is 39.7 Å². The molecule has 1 atom stereocenters. The van der Waals surface area contributed by atoms with E-state index in [9.17, 15) is 4.79 Å². The van der Waals surface area contributed by atoms with Gasteiger partial charge < -0.3 is 10.2 Å². The van der Waals surface area contributed by atoms with Gasteiger partial charge in [0.15, 0.2) is 0 Å². The Bertz CT molecular complexity index is 293. The van der Waals surface area contributed by atoms with E-state index in [1.54, 1.807) is 0 Å². The van der Waals surface area contributed by atoms with E-state index in [-0.39, 0.29) is 23.8 Å². The molecule has 0 spiro atoms. The smallest absolute Gasteiger partial charge is 0.240 e. The van der Waals surface area contributed by atoms with Crippen molar-refractivity contribution in [3.63, 3.8) is 0 Å². The monoisotopic (exact) mass is 223 g/mol. The van der Waals surface area contributed by atoms with Gasteiger partial charge in [-0.3, -0.25) is 4.79 Å². The molecule has 0 aromatic carbocycles. The first-order chi connectivity index (χ1) is 7.50. The second-order valence-corrected chi connectivity index (χ2v) is 5.22. The van der Waals surface area contributed by atoms with Crippen LogP contribution in [0.4, 0.5) is 0 Å². The minimum Gasteiger partial charge on any atom is -0.341 e. The standard InChI is InChI=1S/C12H21N3O/c1-4-7-15-9-12(2,3)8-14-10(5-6-13)11(15)16/h10,14H,4-5,7-9H2,1-3H3. The summed E-state index contributed by atoms with van der Waals surface area (Å²) in [5, 5.41) is 11.9. The predicted octanol–water partition coefficient (Wildman–Crippen LogP) is 1.14. The van der Waals surface area contributed by atoms with E-state index in [1.165, 1.54) is 0 Å². The molecule has 1 heterocycles. The maximum atomic E-state index is 12.1. The van der Waals surface area contributed by atoms with Crippen LogP contribution in [0.5, 0.6) is 0 Å². The molecular formula is C12H21N3O. The van der Waals surface area contributed by atoms with Crippen LogP contribution in [0.1, 0.15) is 33.6 Å². The molecule has 0 bridgehead atoms. The van der Waals surface area contributed by atoms with Gasteiger partial charge in [-0.15, -0.1) is 0 Å². The minimum absolute atomic E-state index is 0.0778. The Hall–Kier alpha value is -1.08. The van der Waals surface area contributed by atoms with Crippen LogP contribution in [0.15, 0.2) is 0 Å². The minimum atomic E-state index is -0.321. The van der Waals surface area contributed by atoms with Gasteiger partial charge in [0, 0.05) is 19.6 Å². The van der Waals surface area contributed by atoms with Gasteiger partial charge >= 0.3 is 0 Å². The highest BCUT2D eigenvalue weighted by molar-refractivity contribution is 5.82. The van der Waals surface area contributed by atoms with Gasteiger partial charge in [0.2, 0.25) is 5.91 Å². The first kappa shape index (κ1) is 13.0. The molecule has 1 fully saturated rings. The second kappa shape index (κ2) is 5.31. The largest absolute Gasteiger partial charge is 0.341 e. The van der Waals surface area contributed by atoms with E-state index in [0.29, 0.717) is 0 Å². The van der Waals surface area contributed by atoms with Crippen LogP contribution in [0, 0.1) is 16.7 Å². The zero-order chi connectivity index (χ0) is 12.2. The van der Waals surface area contributed by atoms with Crippen LogP contribution in [-0.4, -0.2) is 36.5 Å². The third-order valence-corrected chi connectivity index (χ3v) is 2.84. The average Bonchev–Trinajstić information content (AvgIpc) is 2.31. The molecule has 0 saturated carbocycles. The van der Waals surface area contributed by atoms with Gasteiger partial charge in [0.1, 0.15) is 0 Å². The molecule has 1 aliphatic heterocycles. The summed E-state index contributed by atoms with van der Waals surface area (Å²) in [7, 11) is 0. The molecule has 1 aliphatic rings. The van der Waals surface area contributed by atoms with Crippen molar-refractivity contribution in [1.29, 1.82) is 5.26 Å². The Morgan fingerprint density at radius 3 is 2.88 bits per heavy atom. The maximum absolute atomic E-state index is 12.1. The summed E-state index contributed by atoms with van der Waals surface area (Å²) in [6, 6.07) is 1.75. The quantitative estimate of drug-likeness (QED) is 0.780. The van der Waals surface area contributed by atoms with Crippen molar-refractivity contribution in [2.24, 2.45) is 5.41 Å². The highest BCUT2D eigenvalue weighted by Crippen LogP contribution is 2.20. The summed E-state index contributed by atoms with van der Waals surface area (Å²) in [4.78, 5) is 14.0. The van der Waals surface area contributed by atoms with Crippen LogP contribution in [0.3, 0.4) is 0 Å². The lowest BCUT2D eigenvalue weighted by molar-refractivity contribution is -0.133. The Kier molecular flexibility index (Phi) is 4.31. The maximum Gasteiger partial charge on any atom is 0.240 e. The van der Waals surface area contributed by atoms with Gasteiger partial charge in [0.25, 0.3) is 0 Å². The Labute approximate surface area is 97.6 Å². The molecule has 0 aliphatic carbocycles. The lowest BCUT2D eigenvalue weighted by Crippen LogP contribution is -2.43. The number of hydrogen-bond donors (Lipinski definition) is 1. The summed E-state index contributed by atoms with van der Waals surface area (Å²) in [5.41, 5.74) is 0.0784. The van der Waals surface area contributed by atoms with Crippen molar-refractivity contribution in [3.8, 4) is 6.07 Å². The summed E-state index contributed by atoms with van der Waals surface area (Å²) >= 11 is 0. The van der Waals surface area contributed by atoms with Gasteiger partial charge in [0.05, 0.1) is 18.5 Å². The molecule has 1 amide bonds. The average molecular weight is 223 g/mol. The van der Waals surface area contributed by atoms with E-state index in [4.69, 9.17) is 5.26 Å². The van der Waals surface area contributed by atoms with Gasteiger partial charge in [-0.05, 0) is 11.8 Å². The molecule has 0 aromatic heterocycles. The zero-order valence-corrected chi connectivity index (χ0v) is 10.4. The third kappa shape index (κ3) is 3.21. The van der Waals surface area contributed by atoms with E-state index < -0.39 is 0 Å². The van der Waals surface area contributed by atoms with Crippen molar-refractivity contribution in [3.05, 3.63) is 0 Å². The first-order valence-corrected chi connectivity index (χ1v) is 5.89. The lowest BCUT2D eigenvalue weighted by atomic mass is 9.93. The predicted molar refractivity (Wildman–Crippen MR) is 62.7 cm³/mol. The fraction of sp³-hybridized carbons (Fsp3) is 0.833. The van der Waals surface area contributed by atoms with Crippen molar-refractivity contribution >= 4 is 5.91 Å². The number of nitrogens with one attached hydrogen (secondary N) is 1. The third-order valence-electron chi connectivity index (χ3n) is 2.84. The van der Waals surface area contributed by atoms with Crippen LogP contribution < -0.4 is 5.32 Å². The number of carbonyl (C=O) groups is 1.